The van der Waals surface area contributed by atoms with Crippen molar-refractivity contribution < 1.29 is 97.0 Å². The molecule has 10 saturated heterocycles. The molecule has 1 unspecified atom stereocenters. The third kappa shape index (κ3) is 23.0. The Morgan fingerprint density at radius 2 is 0.604 bits per heavy atom. The number of carbonyl (C=O) groups excluding carboxylic acids is 1. The molecule has 10 fully saturated rings. The van der Waals surface area contributed by atoms with E-state index in [0.717, 1.165) is 67.9 Å². The van der Waals surface area contributed by atoms with Crippen LogP contribution < -0.4 is 51.8 Å². The van der Waals surface area contributed by atoms with E-state index in [1.165, 1.54) is 72.0 Å². The molecular weight excluding hydrogens is 2070 g/mol. The number of nitrogens with zero attached hydrogens (tertiary/aromatic N) is 15. The van der Waals surface area contributed by atoms with Gasteiger partial charge in [0.1, 0.15) is 203 Å². The van der Waals surface area contributed by atoms with Gasteiger partial charge in [-0.15, -0.1) is 78.5 Å². The normalized spacial score (nSPS) is 28.3. The van der Waals surface area contributed by atoms with E-state index in [0.29, 0.717) is 25.8 Å². The summed E-state index contributed by atoms with van der Waals surface area (Å²) in [7, 11) is -1.53. The molecule has 0 saturated carbocycles. The standard InChI is InChI=1S/C19H18P.3C15H16ClN3O2S.C14H16ClN3O3S.C14H14ClN3O3S.C4H9.CH3FS.BrH.Li/c1-20(17-11-5-2-6-12-17,18-13-7-3-8-14-18)19-15-9-4-10-16-19;3*1-4-9-10-11(21-15(2,3)20-10)14(22-9)19-6-5-8-12(16)17-7-18-13(8)19;2*1-14(2)20-9-8(5-19)22-13(10(9)21-14)18-4-3-7-11(15)16-6-17-12(7)18;1-3-4-2;1-3-2;;/h2-16H,1H3;3*4-7,9-11,14H,1H2,2-3H3;3-4,6,8-10,13,19H,5H2,1-2H3;3-6,8-10,13H,1-2H3;1,3-4H2,2H3;1H3;1H;/q+1;;;;;;-1;;;+1/p-1/t;9?,10-,11-,14-;9-,10+,11+,14+;9-,10-,11-,14-;2*8-,9-,10-,13-;;;;/m.10111..../s1. The fourth-order valence-corrected chi connectivity index (χ4v) is 29.8. The van der Waals surface area contributed by atoms with E-state index in [-0.39, 0.29) is 169 Å². The second-order valence-corrected chi connectivity index (χ2v) is 47.7. The van der Waals surface area contributed by atoms with Gasteiger partial charge in [0.05, 0.1) is 66.5 Å². The predicted octanol–water partition coefficient (Wildman–Crippen LogP) is 15.3. The number of aldehydes is 1. The Labute approximate surface area is 881 Å². The van der Waals surface area contributed by atoms with E-state index >= 15 is 0 Å². The number of hydrogen-bond donors (Lipinski definition) is 1. The first-order valence-corrected chi connectivity index (χ1v) is 54.4. The van der Waals surface area contributed by atoms with E-state index in [9.17, 15) is 13.8 Å². The fourth-order valence-electron chi connectivity index (χ4n) is 18.4. The van der Waals surface area contributed by atoms with E-state index in [1.54, 1.807) is 47.0 Å². The summed E-state index contributed by atoms with van der Waals surface area (Å²) in [6, 6.07) is 42.2. The maximum Gasteiger partial charge on any atom is 1.00 e. The Bertz CT molecular complexity index is 5820. The molecule has 3 aromatic carbocycles. The summed E-state index contributed by atoms with van der Waals surface area (Å²) in [6.45, 7) is 39.2. The summed E-state index contributed by atoms with van der Waals surface area (Å²) in [4.78, 5) is 53.3. The summed E-state index contributed by atoms with van der Waals surface area (Å²) < 4.78 is 81.0. The Balaban J connectivity index is 0.000000131. The monoisotopic (exact) mass is 2180 g/mol. The number of hydrogen-bond acceptors (Lipinski definition) is 28. The molecule has 13 aromatic rings. The largest absolute Gasteiger partial charge is 1.00 e. The molecule has 10 aliphatic heterocycles. The zero-order chi connectivity index (χ0) is 97.4. The van der Waals surface area contributed by atoms with Gasteiger partial charge in [-0.25, -0.2) is 49.8 Å². The number of aliphatic hydroxyl groups is 1. The van der Waals surface area contributed by atoms with Crippen LogP contribution in [0, 0.1) is 6.92 Å². The van der Waals surface area contributed by atoms with E-state index in [4.69, 9.17) is 105 Å². The maximum absolute atomic E-state index is 11.4. The number of aromatic nitrogens is 15. The van der Waals surface area contributed by atoms with Crippen molar-refractivity contribution in [3.63, 3.8) is 0 Å². The quantitative estimate of drug-likeness (QED) is 0.0264. The number of aliphatic hydroxyl groups excluding tert-OH is 1. The molecule has 10 aromatic heterocycles. The van der Waals surface area contributed by atoms with Crippen LogP contribution in [-0.4, -0.2) is 220 Å². The van der Waals surface area contributed by atoms with Crippen LogP contribution in [0.25, 0.3) is 55.2 Å². The topological polar surface area (TPSA) is 283 Å². The first-order valence-electron chi connectivity index (χ1n) is 44.5. The van der Waals surface area contributed by atoms with Crippen LogP contribution in [0.15, 0.2) is 222 Å². The van der Waals surface area contributed by atoms with Gasteiger partial charge in [-0.2, -0.15) is 10.3 Å². The number of fused-ring (bicyclic) bond motifs is 10. The van der Waals surface area contributed by atoms with E-state index in [1.807, 2.05) is 158 Å². The predicted molar refractivity (Wildman–Crippen MR) is 554 cm³/mol. The molecule has 0 radical (unpaired) electrons. The summed E-state index contributed by atoms with van der Waals surface area (Å²) in [5.41, 5.74) is 3.94. The minimum absolute atomic E-state index is 0. The van der Waals surface area contributed by atoms with Crippen LogP contribution in [0.5, 0.6) is 0 Å². The minimum Gasteiger partial charge on any atom is -1.00 e. The van der Waals surface area contributed by atoms with Crippen LogP contribution >= 0.6 is 136 Å². The van der Waals surface area contributed by atoms with Crippen molar-refractivity contribution in [2.75, 3.05) is 19.5 Å². The Hall–Kier alpha value is -5.80. The number of unbranched alkanes of at least 4 members (excludes halogenated alkanes) is 1. The smallest absolute Gasteiger partial charge is 1.00 e. The minimum atomic E-state index is -1.53. The number of carbonyl (C=O) groups is 1. The summed E-state index contributed by atoms with van der Waals surface area (Å²) in [6.07, 6.45) is 26.6. The van der Waals surface area contributed by atoms with Gasteiger partial charge in [0.25, 0.3) is 0 Å². The zero-order valence-corrected chi connectivity index (χ0v) is 90.0. The molecule has 0 bridgehead atoms. The molecule has 27 nitrogen and oxygen atoms in total. The number of rotatable bonds is 14. The van der Waals surface area contributed by atoms with Crippen LogP contribution in [0.4, 0.5) is 3.89 Å². The van der Waals surface area contributed by atoms with Crippen molar-refractivity contribution in [2.45, 2.75) is 232 Å². The van der Waals surface area contributed by atoms with Gasteiger partial charge in [-0.1, -0.05) is 144 Å². The molecule has 0 spiro atoms. The second kappa shape index (κ2) is 46.1. The average molecular weight is 2180 g/mol. The second-order valence-electron chi connectivity index (χ2n) is 35.5. The zero-order valence-electron chi connectivity index (χ0n) is 78.8. The van der Waals surface area contributed by atoms with Gasteiger partial charge in [0.2, 0.25) is 0 Å². The third-order valence-corrected chi connectivity index (χ3v) is 37.4. The van der Waals surface area contributed by atoms with Gasteiger partial charge in [0, 0.05) is 49.4 Å². The molecule has 42 heteroatoms. The molecular formula is C97H108BrCl5FLiN15O12PS6. The SMILES string of the molecule is C=CC1S[C@@H](n2ccc3c(Cl)ncnc32)[C@@H]2OC(C)(C)O[C@H]12.C=C[C@@H]1S[C@@H](n2ccc3c(Cl)ncnc32)[C@@H]2OC(C)(C)O[C@@H]21.C=C[C@H]1S[C@@H](n2ccc3c(Cl)ncnc32)[C@@H]2OC(C)(C)O[C@@H]21.CC1(C)O[C@@H]2[C@H](O1)[C@@H](C=O)S[C@H]2n1ccc2c(Cl)ncnc21.CC1(C)O[C@@H]2[C@H](O1)[C@@H](CO)S[C@H]2n1ccc2c(Cl)ncnc21.CSF.C[P+](c1ccccc1)(c1ccccc1)c1ccccc1.[Br-].[CH2-]CCC.[Li+]. The summed E-state index contributed by atoms with van der Waals surface area (Å²) in [5.74, 6) is -3.06. The van der Waals surface area contributed by atoms with Gasteiger partial charge in [-0.3, -0.25) is 0 Å². The number of ether oxygens (including phenoxy) is 10. The van der Waals surface area contributed by atoms with Crippen molar-refractivity contribution in [3.8, 4) is 0 Å². The van der Waals surface area contributed by atoms with Crippen LogP contribution in [0.2, 0.25) is 25.8 Å². The number of benzene rings is 3. The number of thioether (sulfide) groups is 5. The van der Waals surface area contributed by atoms with Crippen molar-refractivity contribution in [1.82, 2.24) is 72.7 Å². The third-order valence-electron chi connectivity index (χ3n) is 24.2. The van der Waals surface area contributed by atoms with Gasteiger partial charge in [-0.05, 0) is 136 Å². The molecule has 0 aliphatic carbocycles. The van der Waals surface area contributed by atoms with Crippen molar-refractivity contribution in [2.24, 2.45) is 0 Å². The number of halogens is 7. The molecule has 10 aliphatic rings. The first-order chi connectivity index (χ1) is 65.6. The van der Waals surface area contributed by atoms with Gasteiger partial charge < -0.3 is 104 Å². The molecule has 139 heavy (non-hydrogen) atoms. The summed E-state index contributed by atoms with van der Waals surface area (Å²) >= 11 is 39.4. The van der Waals surface area contributed by atoms with Crippen LogP contribution in [0.1, 0.15) is 116 Å². The van der Waals surface area contributed by atoms with Crippen LogP contribution in [-0.2, 0) is 52.2 Å². The van der Waals surface area contributed by atoms with Crippen molar-refractivity contribution >= 4 is 214 Å². The Morgan fingerprint density at radius 1 is 0.396 bits per heavy atom. The Morgan fingerprint density at radius 3 is 0.827 bits per heavy atom. The fraction of sp³-hybridized carbons (Fsp3) is 0.423. The molecule has 1 N–H and O–H groups in total. The van der Waals surface area contributed by atoms with E-state index in [2.05, 4.69) is 195 Å². The molecule has 734 valence electrons. The van der Waals surface area contributed by atoms with Crippen molar-refractivity contribution in [1.29, 1.82) is 0 Å². The van der Waals surface area contributed by atoms with Crippen LogP contribution in [0.3, 0.4) is 0 Å². The first kappa shape index (κ1) is 109. The van der Waals surface area contributed by atoms with Gasteiger partial charge in [0.15, 0.2) is 28.9 Å². The molecule has 20 heterocycles. The Kier molecular flexibility index (Phi) is 36.1. The molecule has 23 rings (SSSR count). The maximum atomic E-state index is 11.4. The molecule has 20 atom stereocenters. The van der Waals surface area contributed by atoms with Gasteiger partial charge >= 0.3 is 18.9 Å². The molecule has 0 amide bonds. The van der Waals surface area contributed by atoms with Crippen molar-refractivity contribution in [3.05, 3.63) is 255 Å². The summed E-state index contributed by atoms with van der Waals surface area (Å²) in [5, 5.41) is 20.7. The average Bonchev–Trinajstić information content (AvgIpc) is 1.39. The van der Waals surface area contributed by atoms with E-state index < -0.39 is 36.2 Å².